The van der Waals surface area contributed by atoms with Crippen LogP contribution in [0.15, 0.2) is 34.3 Å². The van der Waals surface area contributed by atoms with Gasteiger partial charge < -0.3 is 9.80 Å². The van der Waals surface area contributed by atoms with E-state index >= 15 is 0 Å². The number of carbonyl (C=O) groups is 2. The lowest BCUT2D eigenvalue weighted by atomic mass is 10.1. The van der Waals surface area contributed by atoms with Gasteiger partial charge in [-0.2, -0.15) is 4.99 Å². The molecule has 0 aromatic heterocycles. The van der Waals surface area contributed by atoms with Crippen molar-refractivity contribution in [3.63, 3.8) is 0 Å². The van der Waals surface area contributed by atoms with Crippen LogP contribution in [-0.4, -0.2) is 59.5 Å². The first-order valence-electron chi connectivity index (χ1n) is 9.21. The number of halogens is 1. The SMILES string of the molecule is O=C1N=C2CCCC2C(SCC(=O)N2CCN(c3ccc(Cl)cc3)CC2)=N1. The third-order valence-corrected chi connectivity index (χ3v) is 6.55. The van der Waals surface area contributed by atoms with E-state index < -0.39 is 6.03 Å². The number of hydrogen-bond donors (Lipinski definition) is 0. The van der Waals surface area contributed by atoms with E-state index in [1.54, 1.807) is 0 Å². The highest BCUT2D eigenvalue weighted by Crippen LogP contribution is 2.31. The van der Waals surface area contributed by atoms with Gasteiger partial charge in [0, 0.05) is 48.5 Å². The van der Waals surface area contributed by atoms with Crippen LogP contribution in [0, 0.1) is 5.92 Å². The van der Waals surface area contributed by atoms with Gasteiger partial charge in [0.05, 0.1) is 10.8 Å². The molecule has 1 aliphatic carbocycles. The molecular weight excluding hydrogens is 384 g/mol. The molecular formula is C19H21ClN4O2S. The van der Waals surface area contributed by atoms with E-state index in [1.807, 2.05) is 29.2 Å². The normalized spacial score (nSPS) is 22.4. The van der Waals surface area contributed by atoms with Crippen LogP contribution in [0.1, 0.15) is 19.3 Å². The first-order chi connectivity index (χ1) is 13.1. The summed E-state index contributed by atoms with van der Waals surface area (Å²) in [5, 5.41) is 1.50. The molecule has 8 heteroatoms. The molecule has 1 aromatic carbocycles. The lowest BCUT2D eigenvalue weighted by molar-refractivity contribution is -0.128. The van der Waals surface area contributed by atoms with E-state index in [0.29, 0.717) is 18.8 Å². The van der Waals surface area contributed by atoms with E-state index in [-0.39, 0.29) is 11.8 Å². The van der Waals surface area contributed by atoms with Crippen molar-refractivity contribution >= 4 is 51.7 Å². The van der Waals surface area contributed by atoms with Crippen molar-refractivity contribution in [2.45, 2.75) is 19.3 Å². The van der Waals surface area contributed by atoms with Crippen LogP contribution in [0.25, 0.3) is 0 Å². The van der Waals surface area contributed by atoms with Gasteiger partial charge in [0.25, 0.3) is 0 Å². The minimum atomic E-state index is -0.422. The number of urea groups is 1. The molecule has 0 spiro atoms. The van der Waals surface area contributed by atoms with E-state index in [2.05, 4.69) is 14.9 Å². The second-order valence-corrected chi connectivity index (χ2v) is 8.35. The van der Waals surface area contributed by atoms with Crippen LogP contribution in [0.5, 0.6) is 0 Å². The van der Waals surface area contributed by atoms with Crippen LogP contribution in [0.3, 0.4) is 0 Å². The van der Waals surface area contributed by atoms with Crippen molar-refractivity contribution in [3.05, 3.63) is 29.3 Å². The Bertz CT molecular complexity index is 800. The summed E-state index contributed by atoms with van der Waals surface area (Å²) in [6.07, 6.45) is 2.89. The molecule has 1 saturated carbocycles. The lowest BCUT2D eigenvalue weighted by Gasteiger charge is -2.36. The largest absolute Gasteiger partial charge is 0.368 e. The monoisotopic (exact) mass is 404 g/mol. The Morgan fingerprint density at radius 1 is 1.15 bits per heavy atom. The zero-order valence-corrected chi connectivity index (χ0v) is 16.5. The summed E-state index contributed by atoms with van der Waals surface area (Å²) in [7, 11) is 0. The minimum absolute atomic E-state index is 0.105. The third kappa shape index (κ3) is 4.19. The van der Waals surface area contributed by atoms with Gasteiger partial charge in [-0.25, -0.2) is 9.79 Å². The molecule has 3 aliphatic rings. The molecule has 4 rings (SSSR count). The molecule has 1 saturated heterocycles. The maximum Gasteiger partial charge on any atom is 0.367 e. The topological polar surface area (TPSA) is 65.3 Å². The molecule has 2 heterocycles. The molecule has 1 aromatic rings. The van der Waals surface area contributed by atoms with Crippen LogP contribution < -0.4 is 4.90 Å². The fraction of sp³-hybridized carbons (Fsp3) is 0.474. The Balaban J connectivity index is 1.29. The number of aliphatic imine (C=N–C) groups is 2. The Morgan fingerprint density at radius 2 is 1.89 bits per heavy atom. The van der Waals surface area contributed by atoms with Gasteiger partial charge in [-0.15, -0.1) is 0 Å². The number of piperazine rings is 1. The summed E-state index contributed by atoms with van der Waals surface area (Å²) in [5.41, 5.74) is 2.07. The van der Waals surface area contributed by atoms with Crippen molar-refractivity contribution < 1.29 is 9.59 Å². The van der Waals surface area contributed by atoms with E-state index in [0.717, 1.165) is 53.8 Å². The summed E-state index contributed by atoms with van der Waals surface area (Å²) in [6.45, 7) is 3.00. The van der Waals surface area contributed by atoms with Crippen LogP contribution in [0.4, 0.5) is 10.5 Å². The Morgan fingerprint density at radius 3 is 2.63 bits per heavy atom. The maximum absolute atomic E-state index is 12.6. The number of carbonyl (C=O) groups excluding carboxylic acids is 2. The predicted molar refractivity (Wildman–Crippen MR) is 110 cm³/mol. The van der Waals surface area contributed by atoms with Gasteiger partial charge in [0.1, 0.15) is 0 Å². The molecule has 2 fully saturated rings. The molecule has 142 valence electrons. The predicted octanol–water partition coefficient (Wildman–Crippen LogP) is 3.50. The fourth-order valence-electron chi connectivity index (χ4n) is 3.77. The Hall–Kier alpha value is -1.86. The lowest BCUT2D eigenvalue weighted by Crippen LogP contribution is -2.49. The van der Waals surface area contributed by atoms with Crippen molar-refractivity contribution in [2.75, 3.05) is 36.8 Å². The zero-order chi connectivity index (χ0) is 18.8. The van der Waals surface area contributed by atoms with Gasteiger partial charge in [-0.1, -0.05) is 23.4 Å². The summed E-state index contributed by atoms with van der Waals surface area (Å²) < 4.78 is 0. The quantitative estimate of drug-likeness (QED) is 0.773. The van der Waals surface area contributed by atoms with Crippen molar-refractivity contribution in [1.29, 1.82) is 0 Å². The van der Waals surface area contributed by atoms with Gasteiger partial charge in [-0.3, -0.25) is 4.79 Å². The number of thioether (sulfide) groups is 1. The highest BCUT2D eigenvalue weighted by Gasteiger charge is 2.32. The number of rotatable bonds is 3. The highest BCUT2D eigenvalue weighted by atomic mass is 35.5. The van der Waals surface area contributed by atoms with E-state index in [1.165, 1.54) is 11.8 Å². The molecule has 0 bridgehead atoms. The van der Waals surface area contributed by atoms with Crippen LogP contribution in [-0.2, 0) is 4.79 Å². The number of amides is 3. The number of anilines is 1. The first kappa shape index (κ1) is 18.5. The zero-order valence-electron chi connectivity index (χ0n) is 14.9. The second kappa shape index (κ2) is 8.02. The summed E-state index contributed by atoms with van der Waals surface area (Å²) >= 11 is 7.35. The molecule has 27 heavy (non-hydrogen) atoms. The Labute approximate surface area is 167 Å². The standard InChI is InChI=1S/C19H21ClN4O2S/c20-13-4-6-14(7-5-13)23-8-10-24(11-9-23)17(25)12-27-18-15-2-1-3-16(15)21-19(26)22-18/h4-7,15H,1-3,8-12H2. The molecule has 6 nitrogen and oxygen atoms in total. The van der Waals surface area contributed by atoms with Crippen molar-refractivity contribution in [1.82, 2.24) is 4.90 Å². The Kier molecular flexibility index (Phi) is 5.50. The van der Waals surface area contributed by atoms with Gasteiger partial charge >= 0.3 is 6.03 Å². The molecule has 0 N–H and O–H groups in total. The van der Waals surface area contributed by atoms with Crippen molar-refractivity contribution in [2.24, 2.45) is 15.9 Å². The van der Waals surface area contributed by atoms with Crippen LogP contribution in [0.2, 0.25) is 5.02 Å². The molecule has 1 atom stereocenters. The van der Waals surface area contributed by atoms with E-state index in [9.17, 15) is 9.59 Å². The molecule has 3 amide bonds. The van der Waals surface area contributed by atoms with E-state index in [4.69, 9.17) is 11.6 Å². The summed E-state index contributed by atoms with van der Waals surface area (Å²) in [5.74, 6) is 0.590. The third-order valence-electron chi connectivity index (χ3n) is 5.24. The van der Waals surface area contributed by atoms with Crippen LogP contribution >= 0.6 is 23.4 Å². The average Bonchev–Trinajstić information content (AvgIpc) is 3.15. The van der Waals surface area contributed by atoms with Gasteiger partial charge in [0.2, 0.25) is 5.91 Å². The van der Waals surface area contributed by atoms with Crippen molar-refractivity contribution in [3.8, 4) is 0 Å². The molecule has 2 aliphatic heterocycles. The van der Waals surface area contributed by atoms with Gasteiger partial charge in [0.15, 0.2) is 0 Å². The van der Waals surface area contributed by atoms with Gasteiger partial charge in [-0.05, 0) is 43.5 Å². The maximum atomic E-state index is 12.6. The fourth-order valence-corrected chi connectivity index (χ4v) is 4.95. The average molecular weight is 405 g/mol. The smallest absolute Gasteiger partial charge is 0.367 e. The summed E-state index contributed by atoms with van der Waals surface area (Å²) in [6, 6.07) is 7.37. The number of nitrogens with zero attached hydrogens (tertiary/aromatic N) is 4. The molecule has 0 radical (unpaired) electrons. The number of hydrogen-bond acceptors (Lipinski definition) is 4. The number of benzene rings is 1. The number of fused-ring (bicyclic) bond motifs is 1. The molecule has 1 unspecified atom stereocenters. The highest BCUT2D eigenvalue weighted by molar-refractivity contribution is 8.14. The second-order valence-electron chi connectivity index (χ2n) is 6.91. The summed E-state index contributed by atoms with van der Waals surface area (Å²) in [4.78, 5) is 36.5. The minimum Gasteiger partial charge on any atom is -0.368 e. The first-order valence-corrected chi connectivity index (χ1v) is 10.6.